The zero-order chi connectivity index (χ0) is 12.6. The third kappa shape index (κ3) is 1.82. The van der Waals surface area contributed by atoms with Crippen molar-refractivity contribution in [3.8, 4) is 0 Å². The van der Waals surface area contributed by atoms with Gasteiger partial charge >= 0.3 is 0 Å². The fourth-order valence-electron chi connectivity index (χ4n) is 2.66. The summed E-state index contributed by atoms with van der Waals surface area (Å²) in [5.41, 5.74) is 1.12. The minimum Gasteiger partial charge on any atom is -0.393 e. The molecule has 0 heterocycles. The van der Waals surface area contributed by atoms with E-state index >= 15 is 0 Å². The first-order valence-corrected chi connectivity index (χ1v) is 5.91. The lowest BCUT2D eigenvalue weighted by atomic mass is 9.55. The van der Waals surface area contributed by atoms with Gasteiger partial charge in [0.05, 0.1) is 11.0 Å². The molecule has 92 valence electrons. The van der Waals surface area contributed by atoms with Gasteiger partial charge in [0.25, 0.3) is 5.69 Å². The van der Waals surface area contributed by atoms with Crippen molar-refractivity contribution in [2.24, 2.45) is 5.41 Å². The molecule has 4 nitrogen and oxygen atoms in total. The second-order valence-electron chi connectivity index (χ2n) is 5.01. The number of hydrogen-bond donors (Lipinski definition) is 1. The van der Waals surface area contributed by atoms with E-state index in [0.29, 0.717) is 5.92 Å². The van der Waals surface area contributed by atoms with Gasteiger partial charge in [-0.3, -0.25) is 10.1 Å². The second kappa shape index (κ2) is 4.11. The summed E-state index contributed by atoms with van der Waals surface area (Å²) in [7, 11) is 0. The third-order valence-corrected chi connectivity index (χ3v) is 4.28. The van der Waals surface area contributed by atoms with E-state index in [4.69, 9.17) is 0 Å². The van der Waals surface area contributed by atoms with E-state index in [-0.39, 0.29) is 17.2 Å². The molecule has 1 saturated carbocycles. The molecule has 1 fully saturated rings. The smallest absolute Gasteiger partial charge is 0.269 e. The highest BCUT2D eigenvalue weighted by atomic mass is 16.6. The molecule has 0 aromatic heterocycles. The van der Waals surface area contributed by atoms with Crippen LogP contribution in [-0.2, 0) is 0 Å². The molecule has 1 aromatic carbocycles. The molecular formula is C13H17NO3. The lowest BCUT2D eigenvalue weighted by molar-refractivity contribution is -0.384. The average molecular weight is 235 g/mol. The number of nitrogens with zero attached hydrogens (tertiary/aromatic N) is 1. The SMILES string of the molecule is CCC1(C)C(O)CC1c1ccc([N+](=O)[O-])cc1. The number of non-ortho nitro benzene ring substituents is 1. The summed E-state index contributed by atoms with van der Waals surface area (Å²) in [5.74, 6) is 0.309. The van der Waals surface area contributed by atoms with Crippen LogP contribution >= 0.6 is 0 Å². The molecule has 3 atom stereocenters. The monoisotopic (exact) mass is 235 g/mol. The van der Waals surface area contributed by atoms with E-state index < -0.39 is 4.92 Å². The van der Waals surface area contributed by atoms with Gasteiger partial charge in [0.15, 0.2) is 0 Å². The van der Waals surface area contributed by atoms with Crippen LogP contribution in [0, 0.1) is 15.5 Å². The quantitative estimate of drug-likeness (QED) is 0.647. The Morgan fingerprint density at radius 2 is 2.06 bits per heavy atom. The van der Waals surface area contributed by atoms with Crippen LogP contribution in [0.25, 0.3) is 0 Å². The number of rotatable bonds is 3. The molecule has 0 aliphatic heterocycles. The summed E-state index contributed by atoms with van der Waals surface area (Å²) in [4.78, 5) is 10.2. The number of aliphatic hydroxyl groups excluding tert-OH is 1. The largest absolute Gasteiger partial charge is 0.393 e. The zero-order valence-electron chi connectivity index (χ0n) is 10.1. The fraction of sp³-hybridized carbons (Fsp3) is 0.538. The van der Waals surface area contributed by atoms with Gasteiger partial charge in [0.2, 0.25) is 0 Å². The van der Waals surface area contributed by atoms with E-state index in [1.54, 1.807) is 0 Å². The summed E-state index contributed by atoms with van der Waals surface area (Å²) in [5, 5.41) is 20.4. The molecule has 0 bridgehead atoms. The van der Waals surface area contributed by atoms with Crippen LogP contribution in [0.2, 0.25) is 0 Å². The molecule has 3 unspecified atom stereocenters. The molecule has 2 rings (SSSR count). The van der Waals surface area contributed by atoms with Gasteiger partial charge < -0.3 is 5.11 Å². The normalized spacial score (nSPS) is 31.9. The van der Waals surface area contributed by atoms with Gasteiger partial charge in [-0.2, -0.15) is 0 Å². The molecule has 1 N–H and O–H groups in total. The van der Waals surface area contributed by atoms with Gasteiger partial charge in [-0.15, -0.1) is 0 Å². The standard InChI is InChI=1S/C13H17NO3/c1-3-13(2)11(8-12(13)15)9-4-6-10(7-5-9)14(16)17/h4-7,11-12,15H,3,8H2,1-2H3. The van der Waals surface area contributed by atoms with Gasteiger partial charge in [0, 0.05) is 17.5 Å². The summed E-state index contributed by atoms with van der Waals surface area (Å²) in [6, 6.07) is 6.69. The van der Waals surface area contributed by atoms with Crippen LogP contribution in [0.5, 0.6) is 0 Å². The Labute approximate surface area is 100 Å². The molecule has 0 saturated heterocycles. The van der Waals surface area contributed by atoms with Crippen LogP contribution in [0.15, 0.2) is 24.3 Å². The van der Waals surface area contributed by atoms with Crippen LogP contribution in [0.4, 0.5) is 5.69 Å². The highest BCUT2D eigenvalue weighted by Gasteiger charge is 2.49. The molecule has 4 heteroatoms. The molecule has 0 radical (unpaired) electrons. The van der Waals surface area contributed by atoms with Crippen molar-refractivity contribution in [2.45, 2.75) is 38.7 Å². The van der Waals surface area contributed by atoms with Crippen LogP contribution in [-0.4, -0.2) is 16.1 Å². The molecule has 0 amide bonds. The predicted molar refractivity (Wildman–Crippen MR) is 64.9 cm³/mol. The van der Waals surface area contributed by atoms with Crippen molar-refractivity contribution in [1.82, 2.24) is 0 Å². The first-order valence-electron chi connectivity index (χ1n) is 5.91. The zero-order valence-corrected chi connectivity index (χ0v) is 10.1. The van der Waals surface area contributed by atoms with E-state index in [2.05, 4.69) is 13.8 Å². The molecule has 1 aromatic rings. The maximum atomic E-state index is 10.6. The summed E-state index contributed by atoms with van der Waals surface area (Å²) >= 11 is 0. The van der Waals surface area contributed by atoms with E-state index in [9.17, 15) is 15.2 Å². The average Bonchev–Trinajstić information content (AvgIpc) is 2.34. The summed E-state index contributed by atoms with van der Waals surface area (Å²) in [6.07, 6.45) is 1.41. The Morgan fingerprint density at radius 3 is 2.47 bits per heavy atom. The lowest BCUT2D eigenvalue weighted by Crippen LogP contribution is -2.49. The predicted octanol–water partition coefficient (Wildman–Crippen LogP) is 2.86. The van der Waals surface area contributed by atoms with E-state index in [0.717, 1.165) is 18.4 Å². The number of hydrogen-bond acceptors (Lipinski definition) is 3. The van der Waals surface area contributed by atoms with Crippen molar-refractivity contribution in [3.05, 3.63) is 39.9 Å². The van der Waals surface area contributed by atoms with Gasteiger partial charge in [-0.05, 0) is 24.3 Å². The lowest BCUT2D eigenvalue weighted by Gasteiger charge is -2.51. The Kier molecular flexibility index (Phi) is 2.91. The number of aliphatic hydroxyl groups is 1. The number of benzene rings is 1. The van der Waals surface area contributed by atoms with Gasteiger partial charge in [-0.1, -0.05) is 26.0 Å². The van der Waals surface area contributed by atoms with Crippen molar-refractivity contribution in [3.63, 3.8) is 0 Å². The number of nitro groups is 1. The maximum Gasteiger partial charge on any atom is 0.269 e. The van der Waals surface area contributed by atoms with Crippen molar-refractivity contribution in [1.29, 1.82) is 0 Å². The third-order valence-electron chi connectivity index (χ3n) is 4.28. The highest BCUT2D eigenvalue weighted by Crippen LogP contribution is 2.54. The summed E-state index contributed by atoms with van der Waals surface area (Å²) in [6.45, 7) is 4.15. The van der Waals surface area contributed by atoms with Crippen LogP contribution in [0.3, 0.4) is 0 Å². The first kappa shape index (κ1) is 12.0. The van der Waals surface area contributed by atoms with Crippen molar-refractivity contribution in [2.75, 3.05) is 0 Å². The maximum absolute atomic E-state index is 10.6. The Bertz CT molecular complexity index is 429. The second-order valence-corrected chi connectivity index (χ2v) is 5.01. The molecular weight excluding hydrogens is 218 g/mol. The van der Waals surface area contributed by atoms with Crippen molar-refractivity contribution < 1.29 is 10.0 Å². The van der Waals surface area contributed by atoms with Crippen LogP contribution < -0.4 is 0 Å². The Balaban J connectivity index is 2.22. The topological polar surface area (TPSA) is 63.4 Å². The van der Waals surface area contributed by atoms with E-state index in [1.807, 2.05) is 12.1 Å². The van der Waals surface area contributed by atoms with Gasteiger partial charge in [0.1, 0.15) is 0 Å². The van der Waals surface area contributed by atoms with E-state index in [1.165, 1.54) is 12.1 Å². The van der Waals surface area contributed by atoms with Crippen molar-refractivity contribution >= 4 is 5.69 Å². The summed E-state index contributed by atoms with van der Waals surface area (Å²) < 4.78 is 0. The highest BCUT2D eigenvalue weighted by molar-refractivity contribution is 5.36. The molecule has 0 spiro atoms. The fourth-order valence-corrected chi connectivity index (χ4v) is 2.66. The number of nitro benzene ring substituents is 1. The Hall–Kier alpha value is -1.42. The Morgan fingerprint density at radius 1 is 1.47 bits per heavy atom. The minimum absolute atomic E-state index is 0.0872. The minimum atomic E-state index is -0.390. The first-order chi connectivity index (χ1) is 7.99. The molecule has 17 heavy (non-hydrogen) atoms. The molecule has 1 aliphatic carbocycles. The van der Waals surface area contributed by atoms with Crippen LogP contribution in [0.1, 0.15) is 38.2 Å². The molecule has 1 aliphatic rings. The van der Waals surface area contributed by atoms with Gasteiger partial charge in [-0.25, -0.2) is 0 Å².